The molecule has 1 saturated heterocycles. The van der Waals surface area contributed by atoms with Gasteiger partial charge >= 0.3 is 0 Å². The number of para-hydroxylation sites is 2. The summed E-state index contributed by atoms with van der Waals surface area (Å²) in [4.78, 5) is 29.0. The van der Waals surface area contributed by atoms with Crippen LogP contribution >= 0.6 is 35.1 Å². The summed E-state index contributed by atoms with van der Waals surface area (Å²) in [5.41, 5.74) is 0.869. The summed E-state index contributed by atoms with van der Waals surface area (Å²) < 4.78 is 11.0. The predicted octanol–water partition coefficient (Wildman–Crippen LogP) is 6.62. The van der Waals surface area contributed by atoms with Gasteiger partial charge in [0.25, 0.3) is 11.1 Å². The van der Waals surface area contributed by atoms with Crippen LogP contribution in [0.1, 0.15) is 5.56 Å². The number of benzene rings is 3. The third-order valence-electron chi connectivity index (χ3n) is 4.76. The molecular formula is C25H20ClNO4S2. The number of imide groups is 1. The second-order valence-corrected chi connectivity index (χ2v) is 9.47. The van der Waals surface area contributed by atoms with Crippen LogP contribution in [0.3, 0.4) is 0 Å². The molecule has 0 radical (unpaired) electrons. The SMILES string of the molecule is COc1ccccc1OCCN1C(=O)S/C(=C\c2ccccc2Sc2ccc(Cl)cc2)C1=O. The van der Waals surface area contributed by atoms with E-state index in [-0.39, 0.29) is 24.3 Å². The highest BCUT2D eigenvalue weighted by molar-refractivity contribution is 8.18. The molecule has 1 heterocycles. The minimum atomic E-state index is -0.320. The highest BCUT2D eigenvalue weighted by Crippen LogP contribution is 2.36. The van der Waals surface area contributed by atoms with Crippen molar-refractivity contribution in [1.29, 1.82) is 0 Å². The van der Waals surface area contributed by atoms with Gasteiger partial charge in [-0.2, -0.15) is 0 Å². The van der Waals surface area contributed by atoms with E-state index >= 15 is 0 Å². The maximum atomic E-state index is 12.9. The Labute approximate surface area is 205 Å². The molecule has 0 saturated carbocycles. The number of ether oxygens (including phenoxy) is 2. The van der Waals surface area contributed by atoms with Crippen LogP contribution in [0.2, 0.25) is 5.02 Å². The van der Waals surface area contributed by atoms with Gasteiger partial charge < -0.3 is 9.47 Å². The molecule has 0 atom stereocenters. The van der Waals surface area contributed by atoms with Crippen LogP contribution < -0.4 is 9.47 Å². The van der Waals surface area contributed by atoms with Gasteiger partial charge in [0.05, 0.1) is 18.6 Å². The summed E-state index contributed by atoms with van der Waals surface area (Å²) in [6.45, 7) is 0.329. The van der Waals surface area contributed by atoms with Crippen molar-refractivity contribution in [3.63, 3.8) is 0 Å². The normalized spacial score (nSPS) is 14.7. The minimum Gasteiger partial charge on any atom is -0.493 e. The second kappa shape index (κ2) is 10.8. The number of hydrogen-bond acceptors (Lipinski definition) is 6. The van der Waals surface area contributed by atoms with Crippen molar-refractivity contribution in [2.45, 2.75) is 9.79 Å². The van der Waals surface area contributed by atoms with Crippen LogP contribution in [0.4, 0.5) is 4.79 Å². The number of halogens is 1. The van der Waals surface area contributed by atoms with Gasteiger partial charge in [-0.25, -0.2) is 0 Å². The van der Waals surface area contributed by atoms with Gasteiger partial charge in [-0.15, -0.1) is 0 Å². The molecule has 168 valence electrons. The lowest BCUT2D eigenvalue weighted by molar-refractivity contribution is -0.123. The third-order valence-corrected chi connectivity index (χ3v) is 7.02. The molecule has 2 amide bonds. The Morgan fingerprint density at radius 3 is 2.42 bits per heavy atom. The number of amides is 2. The average Bonchev–Trinajstić information content (AvgIpc) is 3.09. The van der Waals surface area contributed by atoms with Gasteiger partial charge in [-0.05, 0) is 65.9 Å². The Kier molecular flexibility index (Phi) is 7.65. The van der Waals surface area contributed by atoms with E-state index in [0.29, 0.717) is 21.4 Å². The Morgan fingerprint density at radius 2 is 1.67 bits per heavy atom. The number of hydrogen-bond donors (Lipinski definition) is 0. The van der Waals surface area contributed by atoms with E-state index < -0.39 is 0 Å². The average molecular weight is 498 g/mol. The Hall–Kier alpha value is -2.87. The topological polar surface area (TPSA) is 55.8 Å². The lowest BCUT2D eigenvalue weighted by atomic mass is 10.2. The molecule has 1 aliphatic heterocycles. The van der Waals surface area contributed by atoms with Crippen molar-refractivity contribution in [1.82, 2.24) is 4.90 Å². The Balaban J connectivity index is 1.45. The van der Waals surface area contributed by atoms with Crippen LogP contribution in [0.5, 0.6) is 11.5 Å². The molecule has 3 aromatic carbocycles. The summed E-state index contributed by atoms with van der Waals surface area (Å²) >= 11 is 8.49. The van der Waals surface area contributed by atoms with Gasteiger partial charge in [0.2, 0.25) is 0 Å². The van der Waals surface area contributed by atoms with Crippen molar-refractivity contribution in [3.05, 3.63) is 88.3 Å². The quantitative estimate of drug-likeness (QED) is 0.326. The first-order valence-electron chi connectivity index (χ1n) is 10.1. The lowest BCUT2D eigenvalue weighted by Gasteiger charge is -2.14. The number of thioether (sulfide) groups is 1. The molecule has 33 heavy (non-hydrogen) atoms. The molecule has 0 aliphatic carbocycles. The molecule has 0 unspecified atom stereocenters. The van der Waals surface area contributed by atoms with E-state index in [1.165, 1.54) is 4.90 Å². The maximum absolute atomic E-state index is 12.9. The smallest absolute Gasteiger partial charge is 0.293 e. The molecule has 0 bridgehead atoms. The minimum absolute atomic E-state index is 0.154. The molecule has 4 rings (SSSR count). The zero-order valence-electron chi connectivity index (χ0n) is 17.7. The van der Waals surface area contributed by atoms with Crippen molar-refractivity contribution in [3.8, 4) is 11.5 Å². The van der Waals surface area contributed by atoms with Crippen molar-refractivity contribution < 1.29 is 19.1 Å². The molecule has 0 N–H and O–H groups in total. The first kappa shape index (κ1) is 23.3. The summed E-state index contributed by atoms with van der Waals surface area (Å²) in [5.74, 6) is 0.844. The van der Waals surface area contributed by atoms with Crippen LogP contribution in [0, 0.1) is 0 Å². The van der Waals surface area contributed by atoms with E-state index in [0.717, 1.165) is 27.1 Å². The number of nitrogens with zero attached hydrogens (tertiary/aromatic N) is 1. The van der Waals surface area contributed by atoms with Crippen LogP contribution in [0.15, 0.2) is 87.5 Å². The maximum Gasteiger partial charge on any atom is 0.293 e. The predicted molar refractivity (Wildman–Crippen MR) is 133 cm³/mol. The highest BCUT2D eigenvalue weighted by atomic mass is 35.5. The molecule has 3 aromatic rings. The molecule has 8 heteroatoms. The number of carbonyl (C=O) groups is 2. The van der Waals surface area contributed by atoms with Crippen LogP contribution in [-0.2, 0) is 4.79 Å². The molecule has 0 spiro atoms. The summed E-state index contributed by atoms with van der Waals surface area (Å²) in [5, 5.41) is 0.369. The van der Waals surface area contributed by atoms with Crippen LogP contribution in [0.25, 0.3) is 6.08 Å². The van der Waals surface area contributed by atoms with E-state index in [2.05, 4.69) is 0 Å². The fourth-order valence-electron chi connectivity index (χ4n) is 3.14. The van der Waals surface area contributed by atoms with Gasteiger partial charge in [-0.1, -0.05) is 53.7 Å². The summed E-state index contributed by atoms with van der Waals surface area (Å²) in [6.07, 6.45) is 1.77. The number of rotatable bonds is 8. The second-order valence-electron chi connectivity index (χ2n) is 6.93. The first-order chi connectivity index (χ1) is 16.0. The number of methoxy groups -OCH3 is 1. The Bertz CT molecular complexity index is 1200. The van der Waals surface area contributed by atoms with Gasteiger partial charge in [0, 0.05) is 14.8 Å². The number of carbonyl (C=O) groups excluding carboxylic acids is 2. The highest BCUT2D eigenvalue weighted by Gasteiger charge is 2.35. The van der Waals surface area contributed by atoms with Gasteiger partial charge in [0.15, 0.2) is 11.5 Å². The van der Waals surface area contributed by atoms with Crippen LogP contribution in [-0.4, -0.2) is 36.3 Å². The van der Waals surface area contributed by atoms with E-state index in [1.807, 2.05) is 60.7 Å². The third kappa shape index (κ3) is 5.74. The van der Waals surface area contributed by atoms with E-state index in [1.54, 1.807) is 37.1 Å². The van der Waals surface area contributed by atoms with Crippen molar-refractivity contribution in [2.24, 2.45) is 0 Å². The fraction of sp³-hybridized carbons (Fsp3) is 0.120. The van der Waals surface area contributed by atoms with E-state index in [4.69, 9.17) is 21.1 Å². The lowest BCUT2D eigenvalue weighted by Crippen LogP contribution is -2.32. The first-order valence-corrected chi connectivity index (χ1v) is 12.1. The molecule has 5 nitrogen and oxygen atoms in total. The standard InChI is InChI=1S/C25H20ClNO4S2/c1-30-20-7-3-4-8-21(20)31-15-14-27-24(28)23(33-25(27)29)16-17-6-2-5-9-22(17)32-19-12-10-18(26)11-13-19/h2-13,16H,14-15H2,1H3/b23-16-. The van der Waals surface area contributed by atoms with Gasteiger partial charge in [-0.3, -0.25) is 14.5 Å². The molecule has 0 aromatic heterocycles. The molecule has 1 aliphatic rings. The Morgan fingerprint density at radius 1 is 0.970 bits per heavy atom. The fourth-order valence-corrected chi connectivity index (χ4v) is 5.04. The summed E-state index contributed by atoms with van der Waals surface area (Å²) in [6, 6.07) is 22.6. The molecular weight excluding hydrogens is 478 g/mol. The molecule has 1 fully saturated rings. The largest absolute Gasteiger partial charge is 0.493 e. The van der Waals surface area contributed by atoms with Crippen molar-refractivity contribution >= 4 is 52.3 Å². The monoisotopic (exact) mass is 497 g/mol. The zero-order chi connectivity index (χ0) is 23.2. The van der Waals surface area contributed by atoms with Crippen molar-refractivity contribution in [2.75, 3.05) is 20.3 Å². The van der Waals surface area contributed by atoms with Gasteiger partial charge in [0.1, 0.15) is 6.61 Å². The zero-order valence-corrected chi connectivity index (χ0v) is 20.1. The van der Waals surface area contributed by atoms with E-state index in [9.17, 15) is 9.59 Å². The summed E-state index contributed by atoms with van der Waals surface area (Å²) in [7, 11) is 1.56.